The van der Waals surface area contributed by atoms with Gasteiger partial charge in [-0.2, -0.15) is 0 Å². The second-order valence-corrected chi connectivity index (χ2v) is 2.17. The number of hydrogen-bond donors (Lipinski definition) is 4. The van der Waals surface area contributed by atoms with Crippen LogP contribution in [0.25, 0.3) is 0 Å². The molecule has 1 rings (SSSR count). The summed E-state index contributed by atoms with van der Waals surface area (Å²) >= 11 is 0. The molecule has 0 aliphatic rings. The van der Waals surface area contributed by atoms with E-state index in [-0.39, 0.29) is 11.5 Å². The van der Waals surface area contributed by atoms with E-state index >= 15 is 0 Å². The molecule has 0 unspecified atom stereocenters. The number of amides is 2. The maximum Gasteiger partial charge on any atom is 0.325 e. The van der Waals surface area contributed by atoms with Crippen LogP contribution in [-0.2, 0) is 4.79 Å². The van der Waals surface area contributed by atoms with Crippen LogP contribution in [-0.4, -0.2) is 29.3 Å². The highest BCUT2D eigenvalue weighted by Crippen LogP contribution is 2.04. The second-order valence-electron chi connectivity index (χ2n) is 2.17. The molecule has 7 heteroatoms. The van der Waals surface area contributed by atoms with Gasteiger partial charge < -0.3 is 10.6 Å². The summed E-state index contributed by atoms with van der Waals surface area (Å²) in [5.74, 6) is -0.429. The molecule has 0 radical (unpaired) electrons. The van der Waals surface area contributed by atoms with Crippen molar-refractivity contribution in [2.24, 2.45) is 0 Å². The minimum Gasteiger partial charge on any atom is -0.354 e. The Kier molecular flexibility index (Phi) is 2.48. The molecule has 0 aliphatic heterocycles. The molecule has 0 aromatic carbocycles. The van der Waals surface area contributed by atoms with Crippen LogP contribution < -0.4 is 16.3 Å². The minimum atomic E-state index is -0.553. The van der Waals surface area contributed by atoms with Gasteiger partial charge in [0, 0.05) is 7.05 Å². The van der Waals surface area contributed by atoms with Crippen LogP contribution in [0.5, 0.6) is 0 Å². The summed E-state index contributed by atoms with van der Waals surface area (Å²) in [5, 5.41) is 4.49. The summed E-state index contributed by atoms with van der Waals surface area (Å²) in [7, 11) is 1.42. The lowest BCUT2D eigenvalue weighted by Gasteiger charge is -1.98. The highest BCUT2D eigenvalue weighted by atomic mass is 16.2. The Hall–Kier alpha value is -2.05. The summed E-state index contributed by atoms with van der Waals surface area (Å²) in [4.78, 5) is 36.4. The molecule has 0 saturated carbocycles. The summed E-state index contributed by atoms with van der Waals surface area (Å²) in [5.41, 5.74) is -0.553. The average Bonchev–Trinajstić information content (AvgIpc) is 2.46. The molecule has 2 amide bonds. The molecular formula is C6H8N4O3. The van der Waals surface area contributed by atoms with E-state index in [9.17, 15) is 14.4 Å². The van der Waals surface area contributed by atoms with Crippen LogP contribution in [0, 0.1) is 0 Å². The third kappa shape index (κ3) is 1.75. The van der Waals surface area contributed by atoms with Crippen LogP contribution >= 0.6 is 0 Å². The quantitative estimate of drug-likeness (QED) is 0.435. The number of carbonyl (C=O) groups is 2. The fourth-order valence-corrected chi connectivity index (χ4v) is 0.846. The number of aromatic nitrogens is 2. The zero-order valence-electron chi connectivity index (χ0n) is 6.80. The molecule has 1 aromatic heterocycles. The Morgan fingerprint density at radius 2 is 2.15 bits per heavy atom. The van der Waals surface area contributed by atoms with Crippen LogP contribution in [0.2, 0.25) is 0 Å². The van der Waals surface area contributed by atoms with Gasteiger partial charge in [-0.25, -0.2) is 4.79 Å². The van der Waals surface area contributed by atoms with Gasteiger partial charge in [-0.15, -0.1) is 0 Å². The van der Waals surface area contributed by atoms with Crippen molar-refractivity contribution in [2.45, 2.75) is 0 Å². The van der Waals surface area contributed by atoms with Gasteiger partial charge in [0.1, 0.15) is 11.5 Å². The molecule has 70 valence electrons. The zero-order valence-corrected chi connectivity index (χ0v) is 6.80. The number of H-pyrrole nitrogens is 2. The van der Waals surface area contributed by atoms with Crippen molar-refractivity contribution in [1.29, 1.82) is 0 Å². The predicted molar refractivity (Wildman–Crippen MR) is 44.5 cm³/mol. The topological polar surface area (TPSA) is 107 Å². The Morgan fingerprint density at radius 1 is 1.46 bits per heavy atom. The first-order valence-corrected chi connectivity index (χ1v) is 3.43. The van der Waals surface area contributed by atoms with Crippen molar-refractivity contribution < 1.29 is 9.59 Å². The van der Waals surface area contributed by atoms with Gasteiger partial charge >= 0.3 is 5.69 Å². The smallest absolute Gasteiger partial charge is 0.325 e. The van der Waals surface area contributed by atoms with E-state index in [0.717, 1.165) is 0 Å². The minimum absolute atomic E-state index is 0.000370. The Morgan fingerprint density at radius 3 is 2.69 bits per heavy atom. The highest BCUT2D eigenvalue weighted by molar-refractivity contribution is 5.98. The van der Waals surface area contributed by atoms with Crippen LogP contribution in [0.3, 0.4) is 0 Å². The molecule has 13 heavy (non-hydrogen) atoms. The van der Waals surface area contributed by atoms with E-state index in [4.69, 9.17) is 0 Å². The molecule has 1 aromatic rings. The van der Waals surface area contributed by atoms with E-state index in [1.807, 2.05) is 0 Å². The van der Waals surface area contributed by atoms with Crippen molar-refractivity contribution in [3.05, 3.63) is 16.2 Å². The maximum absolute atomic E-state index is 11.1. The first-order valence-electron chi connectivity index (χ1n) is 3.43. The fourth-order valence-electron chi connectivity index (χ4n) is 0.846. The standard InChI is InChI=1S/C6H8N4O3/c1-7-5(12)3-4(8-2-11)10-6(13)9-3/h2H,1H3,(H,7,12)(H,8,11)(H2,9,10,13). The number of rotatable bonds is 3. The summed E-state index contributed by atoms with van der Waals surface area (Å²) < 4.78 is 0. The third-order valence-corrected chi connectivity index (χ3v) is 1.38. The molecule has 0 fully saturated rings. The lowest BCUT2D eigenvalue weighted by molar-refractivity contribution is -0.105. The van der Waals surface area contributed by atoms with Crippen molar-refractivity contribution >= 4 is 18.1 Å². The molecular weight excluding hydrogens is 176 g/mol. The Bertz CT molecular complexity index is 377. The lowest BCUT2D eigenvalue weighted by atomic mass is 10.4. The fraction of sp³-hybridized carbons (Fsp3) is 0.167. The normalized spacial score (nSPS) is 9.31. The molecule has 0 spiro atoms. The van der Waals surface area contributed by atoms with Gasteiger partial charge in [-0.1, -0.05) is 0 Å². The molecule has 0 atom stereocenters. The third-order valence-electron chi connectivity index (χ3n) is 1.38. The van der Waals surface area contributed by atoms with E-state index in [2.05, 4.69) is 20.6 Å². The van der Waals surface area contributed by atoms with Crippen molar-refractivity contribution in [1.82, 2.24) is 15.3 Å². The summed E-state index contributed by atoms with van der Waals surface area (Å²) in [6.45, 7) is 0. The molecule has 0 aliphatic carbocycles. The highest BCUT2D eigenvalue weighted by Gasteiger charge is 2.12. The number of imidazole rings is 1. The maximum atomic E-state index is 11.1. The Balaban J connectivity index is 3.10. The monoisotopic (exact) mass is 184 g/mol. The van der Waals surface area contributed by atoms with Crippen molar-refractivity contribution in [2.75, 3.05) is 12.4 Å². The van der Waals surface area contributed by atoms with Crippen LogP contribution in [0.1, 0.15) is 10.5 Å². The van der Waals surface area contributed by atoms with Gasteiger partial charge in [0.2, 0.25) is 6.41 Å². The Labute approximate surface area is 72.5 Å². The van der Waals surface area contributed by atoms with Gasteiger partial charge in [0.25, 0.3) is 5.91 Å². The number of aromatic amines is 2. The molecule has 0 saturated heterocycles. The number of hydrogen-bond acceptors (Lipinski definition) is 3. The number of anilines is 1. The first kappa shape index (κ1) is 9.04. The summed E-state index contributed by atoms with van der Waals surface area (Å²) in [6.07, 6.45) is 0.367. The first-order chi connectivity index (χ1) is 6.19. The SMILES string of the molecule is CNC(=O)c1[nH]c(=O)[nH]c1NC=O. The van der Waals surface area contributed by atoms with Crippen molar-refractivity contribution in [3.63, 3.8) is 0 Å². The van der Waals surface area contributed by atoms with E-state index in [1.165, 1.54) is 7.05 Å². The van der Waals surface area contributed by atoms with Gasteiger partial charge in [-0.3, -0.25) is 19.6 Å². The van der Waals surface area contributed by atoms with Gasteiger partial charge in [0.05, 0.1) is 0 Å². The molecule has 4 N–H and O–H groups in total. The second kappa shape index (κ2) is 3.57. The average molecular weight is 184 g/mol. The number of carbonyl (C=O) groups excluding carboxylic acids is 2. The van der Waals surface area contributed by atoms with Gasteiger partial charge in [-0.05, 0) is 0 Å². The van der Waals surface area contributed by atoms with E-state index in [0.29, 0.717) is 6.41 Å². The van der Waals surface area contributed by atoms with Crippen molar-refractivity contribution in [3.8, 4) is 0 Å². The van der Waals surface area contributed by atoms with Gasteiger partial charge in [0.15, 0.2) is 0 Å². The van der Waals surface area contributed by atoms with Crippen LogP contribution in [0.15, 0.2) is 4.79 Å². The lowest BCUT2D eigenvalue weighted by Crippen LogP contribution is -2.20. The van der Waals surface area contributed by atoms with E-state index in [1.54, 1.807) is 0 Å². The number of nitrogens with one attached hydrogen (secondary N) is 4. The van der Waals surface area contributed by atoms with E-state index < -0.39 is 11.6 Å². The zero-order chi connectivity index (χ0) is 9.84. The largest absolute Gasteiger partial charge is 0.354 e. The molecule has 1 heterocycles. The van der Waals surface area contributed by atoms with Crippen LogP contribution in [0.4, 0.5) is 5.82 Å². The summed E-state index contributed by atoms with van der Waals surface area (Å²) in [6, 6.07) is 0. The predicted octanol–water partition coefficient (Wildman–Crippen LogP) is -1.37. The molecule has 7 nitrogen and oxygen atoms in total. The molecule has 0 bridgehead atoms.